The minimum absolute atomic E-state index is 0.382. The van der Waals surface area contributed by atoms with Crippen LogP contribution in [0, 0.1) is 5.41 Å². The largest absolute Gasteiger partial charge is 0.389 e. The fraction of sp³-hybridized carbons (Fsp3) is 1.00. The summed E-state index contributed by atoms with van der Waals surface area (Å²) in [5.41, 5.74) is 2.36. The molecule has 0 aromatic heterocycles. The summed E-state index contributed by atoms with van der Waals surface area (Å²) in [6, 6.07) is 0. The molecule has 0 aromatic rings. The first kappa shape index (κ1) is 13.7. The maximum absolute atomic E-state index is 13.9. The summed E-state index contributed by atoms with van der Waals surface area (Å²) in [7, 11) is 0. The van der Waals surface area contributed by atoms with Gasteiger partial charge in [0.05, 0.1) is 0 Å². The molecule has 0 bridgehead atoms. The van der Waals surface area contributed by atoms with E-state index in [4.69, 9.17) is 5.73 Å². The van der Waals surface area contributed by atoms with E-state index in [0.29, 0.717) is 0 Å². The molecule has 1 unspecified atom stereocenters. The van der Waals surface area contributed by atoms with Gasteiger partial charge in [0.1, 0.15) is 5.67 Å². The molecule has 0 rings (SSSR count). The summed E-state index contributed by atoms with van der Waals surface area (Å²) in [5.74, 6) is 0. The summed E-state index contributed by atoms with van der Waals surface area (Å²) < 4.78 is 49.6. The van der Waals surface area contributed by atoms with Crippen LogP contribution in [-0.4, -0.2) is 18.4 Å². The standard InChI is InChI=1S/C9H17F4N/c1-7(2,3)8(10,6-14)4-5-9(11,12)13/h4-6,14H2,1-3H3. The van der Waals surface area contributed by atoms with Crippen LogP contribution in [0.5, 0.6) is 0 Å². The van der Waals surface area contributed by atoms with Crippen molar-refractivity contribution in [1.29, 1.82) is 0 Å². The van der Waals surface area contributed by atoms with Crippen molar-refractivity contribution < 1.29 is 17.6 Å². The summed E-state index contributed by atoms with van der Waals surface area (Å²) in [4.78, 5) is 0. The molecule has 14 heavy (non-hydrogen) atoms. The van der Waals surface area contributed by atoms with Gasteiger partial charge in [0, 0.05) is 13.0 Å². The van der Waals surface area contributed by atoms with Crippen LogP contribution < -0.4 is 5.73 Å². The molecule has 0 aliphatic carbocycles. The predicted octanol–water partition coefficient (Wildman–Crippen LogP) is 3.04. The zero-order valence-corrected chi connectivity index (χ0v) is 8.71. The Bertz CT molecular complexity index is 182. The van der Waals surface area contributed by atoms with Gasteiger partial charge in [-0.15, -0.1) is 0 Å². The van der Waals surface area contributed by atoms with Crippen molar-refractivity contribution in [2.45, 2.75) is 45.5 Å². The van der Waals surface area contributed by atoms with Crippen molar-refractivity contribution in [3.8, 4) is 0 Å². The number of alkyl halides is 4. The highest BCUT2D eigenvalue weighted by atomic mass is 19.4. The Morgan fingerprint density at radius 2 is 1.36 bits per heavy atom. The maximum Gasteiger partial charge on any atom is 0.389 e. The molecule has 86 valence electrons. The monoisotopic (exact) mass is 215 g/mol. The number of rotatable bonds is 3. The fourth-order valence-electron chi connectivity index (χ4n) is 1.12. The number of nitrogens with two attached hydrogens (primary N) is 1. The highest BCUT2D eigenvalue weighted by Crippen LogP contribution is 2.39. The molecule has 0 fully saturated rings. The minimum atomic E-state index is -4.32. The maximum atomic E-state index is 13.9. The Kier molecular flexibility index (Phi) is 3.95. The zero-order valence-electron chi connectivity index (χ0n) is 8.71. The molecular weight excluding hydrogens is 198 g/mol. The topological polar surface area (TPSA) is 26.0 Å². The van der Waals surface area contributed by atoms with Gasteiger partial charge in [-0.1, -0.05) is 20.8 Å². The van der Waals surface area contributed by atoms with Gasteiger partial charge in [-0.25, -0.2) is 4.39 Å². The van der Waals surface area contributed by atoms with Gasteiger partial charge in [-0.05, 0) is 11.8 Å². The van der Waals surface area contributed by atoms with Crippen LogP contribution in [0.25, 0.3) is 0 Å². The van der Waals surface area contributed by atoms with Gasteiger partial charge in [0.15, 0.2) is 0 Å². The average Bonchev–Trinajstić information content (AvgIpc) is 1.96. The van der Waals surface area contributed by atoms with Gasteiger partial charge in [-0.3, -0.25) is 0 Å². The molecule has 0 amide bonds. The molecular formula is C9H17F4N. The molecule has 1 atom stereocenters. The van der Waals surface area contributed by atoms with Gasteiger partial charge >= 0.3 is 6.18 Å². The van der Waals surface area contributed by atoms with Gasteiger partial charge in [0.2, 0.25) is 0 Å². The summed E-state index contributed by atoms with van der Waals surface area (Å²) in [6.07, 6.45) is -6.02. The highest BCUT2D eigenvalue weighted by molar-refractivity contribution is 4.92. The van der Waals surface area contributed by atoms with Crippen molar-refractivity contribution in [3.63, 3.8) is 0 Å². The molecule has 0 aromatic carbocycles. The predicted molar refractivity (Wildman–Crippen MR) is 47.6 cm³/mol. The van der Waals surface area contributed by atoms with Crippen molar-refractivity contribution >= 4 is 0 Å². The van der Waals surface area contributed by atoms with E-state index >= 15 is 0 Å². The van der Waals surface area contributed by atoms with E-state index in [1.165, 1.54) is 0 Å². The van der Waals surface area contributed by atoms with Crippen molar-refractivity contribution in [1.82, 2.24) is 0 Å². The SMILES string of the molecule is CC(C)(C)C(F)(CN)CCC(F)(F)F. The Balaban J connectivity index is 4.43. The van der Waals surface area contributed by atoms with Crippen LogP contribution in [0.1, 0.15) is 33.6 Å². The number of hydrogen-bond donors (Lipinski definition) is 1. The minimum Gasteiger partial charge on any atom is -0.328 e. The molecule has 0 heterocycles. The molecule has 0 saturated heterocycles. The fourth-order valence-corrected chi connectivity index (χ4v) is 1.12. The smallest absolute Gasteiger partial charge is 0.328 e. The van der Waals surface area contributed by atoms with Crippen LogP contribution in [0.15, 0.2) is 0 Å². The molecule has 5 heteroatoms. The quantitative estimate of drug-likeness (QED) is 0.719. The average molecular weight is 215 g/mol. The zero-order chi connectivity index (χ0) is 11.6. The summed E-state index contributed by atoms with van der Waals surface area (Å²) >= 11 is 0. The van der Waals surface area contributed by atoms with Crippen LogP contribution >= 0.6 is 0 Å². The van der Waals surface area contributed by atoms with Crippen molar-refractivity contribution in [2.24, 2.45) is 11.1 Å². The van der Waals surface area contributed by atoms with Crippen molar-refractivity contribution in [2.75, 3.05) is 6.54 Å². The van der Waals surface area contributed by atoms with Crippen LogP contribution in [-0.2, 0) is 0 Å². The first-order chi connectivity index (χ1) is 6.02. The normalized spacial score (nSPS) is 18.0. The van der Waals surface area contributed by atoms with Crippen LogP contribution in [0.3, 0.4) is 0 Å². The first-order valence-electron chi connectivity index (χ1n) is 4.47. The van der Waals surface area contributed by atoms with E-state index in [9.17, 15) is 17.6 Å². The Labute approximate surface area is 81.7 Å². The molecule has 1 nitrogen and oxygen atoms in total. The van der Waals surface area contributed by atoms with E-state index in [-0.39, 0.29) is 6.54 Å². The van der Waals surface area contributed by atoms with Crippen LogP contribution in [0.4, 0.5) is 17.6 Å². The number of halogens is 4. The van der Waals surface area contributed by atoms with E-state index in [2.05, 4.69) is 0 Å². The van der Waals surface area contributed by atoms with E-state index in [0.717, 1.165) is 0 Å². The summed E-state index contributed by atoms with van der Waals surface area (Å²) in [6.45, 7) is 4.27. The molecule has 2 N–H and O–H groups in total. The van der Waals surface area contributed by atoms with Gasteiger partial charge in [0.25, 0.3) is 0 Å². The highest BCUT2D eigenvalue weighted by Gasteiger charge is 2.43. The van der Waals surface area contributed by atoms with E-state index in [1.807, 2.05) is 0 Å². The van der Waals surface area contributed by atoms with Gasteiger partial charge < -0.3 is 5.73 Å². The van der Waals surface area contributed by atoms with E-state index in [1.54, 1.807) is 20.8 Å². The van der Waals surface area contributed by atoms with Crippen LogP contribution in [0.2, 0.25) is 0 Å². The third kappa shape index (κ3) is 3.82. The molecule has 0 aliphatic heterocycles. The molecule has 0 saturated carbocycles. The van der Waals surface area contributed by atoms with Gasteiger partial charge in [-0.2, -0.15) is 13.2 Å². The lowest BCUT2D eigenvalue weighted by molar-refractivity contribution is -0.146. The Morgan fingerprint density at radius 1 is 0.929 bits per heavy atom. The molecule has 0 radical (unpaired) electrons. The lowest BCUT2D eigenvalue weighted by Gasteiger charge is -2.37. The lowest BCUT2D eigenvalue weighted by Crippen LogP contribution is -2.45. The second kappa shape index (κ2) is 4.04. The van der Waals surface area contributed by atoms with E-state index < -0.39 is 30.1 Å². The summed E-state index contributed by atoms with van der Waals surface area (Å²) in [5, 5.41) is 0. The molecule has 0 spiro atoms. The third-order valence-corrected chi connectivity index (χ3v) is 2.47. The Morgan fingerprint density at radius 3 is 1.57 bits per heavy atom. The lowest BCUT2D eigenvalue weighted by atomic mass is 9.75. The third-order valence-electron chi connectivity index (χ3n) is 2.47. The van der Waals surface area contributed by atoms with Crippen molar-refractivity contribution in [3.05, 3.63) is 0 Å². The Hall–Kier alpha value is -0.320. The second-order valence-corrected chi connectivity index (χ2v) is 4.53. The molecule has 0 aliphatic rings. The number of hydrogen-bond acceptors (Lipinski definition) is 1. The second-order valence-electron chi connectivity index (χ2n) is 4.53. The first-order valence-corrected chi connectivity index (χ1v) is 4.47.